The molecule has 0 aliphatic heterocycles. The molecular formula is C9H7F2N3O. The Balaban J connectivity index is 2.37. The second-order valence-corrected chi connectivity index (χ2v) is 2.93. The van der Waals surface area contributed by atoms with E-state index in [-0.39, 0.29) is 5.89 Å². The van der Waals surface area contributed by atoms with Crippen molar-refractivity contribution in [2.45, 2.75) is 13.3 Å². The van der Waals surface area contributed by atoms with Crippen LogP contribution in [0.2, 0.25) is 0 Å². The number of alkyl halides is 2. The van der Waals surface area contributed by atoms with Gasteiger partial charge in [0.05, 0.1) is 0 Å². The lowest BCUT2D eigenvalue weighted by Gasteiger charge is -1.95. The van der Waals surface area contributed by atoms with E-state index >= 15 is 0 Å². The van der Waals surface area contributed by atoms with Crippen LogP contribution < -0.4 is 0 Å². The van der Waals surface area contributed by atoms with Crippen LogP contribution in [0.25, 0.3) is 11.5 Å². The summed E-state index contributed by atoms with van der Waals surface area (Å²) in [7, 11) is 0. The molecule has 15 heavy (non-hydrogen) atoms. The van der Waals surface area contributed by atoms with E-state index in [1.807, 2.05) is 0 Å². The molecule has 0 radical (unpaired) electrons. The van der Waals surface area contributed by atoms with Crippen LogP contribution in [0.4, 0.5) is 8.78 Å². The van der Waals surface area contributed by atoms with Gasteiger partial charge in [-0.2, -0.15) is 8.78 Å². The predicted molar refractivity (Wildman–Crippen MR) is 47.2 cm³/mol. The third kappa shape index (κ3) is 1.98. The van der Waals surface area contributed by atoms with E-state index < -0.39 is 12.3 Å². The van der Waals surface area contributed by atoms with Crippen molar-refractivity contribution in [1.82, 2.24) is 15.2 Å². The lowest BCUT2D eigenvalue weighted by Crippen LogP contribution is -1.82. The number of aryl methyl sites for hydroxylation is 1. The summed E-state index contributed by atoms with van der Waals surface area (Å²) in [5.74, 6) is -0.588. The highest BCUT2D eigenvalue weighted by Gasteiger charge is 2.16. The summed E-state index contributed by atoms with van der Waals surface area (Å²) in [5, 5.41) is 6.76. The number of nitrogens with zero attached hydrogens (tertiary/aromatic N) is 3. The summed E-state index contributed by atoms with van der Waals surface area (Å²) < 4.78 is 29.1. The highest BCUT2D eigenvalue weighted by Crippen LogP contribution is 2.22. The molecule has 2 aromatic heterocycles. The number of pyridine rings is 1. The fraction of sp³-hybridized carbons (Fsp3) is 0.222. The molecule has 2 rings (SSSR count). The van der Waals surface area contributed by atoms with Crippen molar-refractivity contribution in [3.63, 3.8) is 0 Å². The number of halogens is 2. The van der Waals surface area contributed by atoms with E-state index in [9.17, 15) is 8.78 Å². The van der Waals surface area contributed by atoms with Crippen molar-refractivity contribution in [2.75, 3.05) is 0 Å². The average Bonchev–Trinajstić information content (AvgIpc) is 2.66. The van der Waals surface area contributed by atoms with Crippen molar-refractivity contribution in [1.29, 1.82) is 0 Å². The highest BCUT2D eigenvalue weighted by atomic mass is 19.3. The Morgan fingerprint density at radius 2 is 2.13 bits per heavy atom. The molecule has 0 fully saturated rings. The summed E-state index contributed by atoms with van der Waals surface area (Å²) in [6, 6.07) is 3.30. The first-order chi connectivity index (χ1) is 7.16. The Kier molecular flexibility index (Phi) is 2.40. The zero-order chi connectivity index (χ0) is 10.8. The first-order valence-electron chi connectivity index (χ1n) is 4.21. The van der Waals surface area contributed by atoms with E-state index in [0.29, 0.717) is 5.56 Å². The smallest absolute Gasteiger partial charge is 0.314 e. The molecule has 0 aromatic carbocycles. The number of hydrogen-bond acceptors (Lipinski definition) is 4. The molecule has 0 aliphatic rings. The van der Waals surface area contributed by atoms with Gasteiger partial charge in [-0.05, 0) is 19.1 Å². The topological polar surface area (TPSA) is 51.8 Å². The lowest BCUT2D eigenvalue weighted by atomic mass is 10.2. The molecule has 2 aromatic rings. The monoisotopic (exact) mass is 211 g/mol. The van der Waals surface area contributed by atoms with Gasteiger partial charge in [0, 0.05) is 17.5 Å². The minimum Gasteiger partial charge on any atom is -0.415 e. The maximum absolute atomic E-state index is 12.2. The van der Waals surface area contributed by atoms with Crippen molar-refractivity contribution >= 4 is 0 Å². The standard InChI is InChI=1S/C9H7F2N3O/c1-5-4-6(2-3-12-5)8-13-14-9(15-8)7(10)11/h2-4,7H,1H3. The number of aromatic nitrogens is 3. The maximum atomic E-state index is 12.2. The van der Waals surface area contributed by atoms with Crippen LogP contribution in [0, 0.1) is 6.92 Å². The van der Waals surface area contributed by atoms with Crippen LogP contribution >= 0.6 is 0 Å². The van der Waals surface area contributed by atoms with E-state index in [2.05, 4.69) is 15.2 Å². The fourth-order valence-corrected chi connectivity index (χ4v) is 1.12. The summed E-state index contributed by atoms with van der Waals surface area (Å²) >= 11 is 0. The Labute approximate surface area is 84.0 Å². The molecule has 0 unspecified atom stereocenters. The SMILES string of the molecule is Cc1cc(-c2nnc(C(F)F)o2)ccn1. The first-order valence-corrected chi connectivity index (χ1v) is 4.21. The van der Waals surface area contributed by atoms with Crippen LogP contribution in [-0.4, -0.2) is 15.2 Å². The van der Waals surface area contributed by atoms with Crippen LogP contribution in [-0.2, 0) is 0 Å². The van der Waals surface area contributed by atoms with E-state index in [4.69, 9.17) is 4.42 Å². The molecule has 78 valence electrons. The molecule has 2 heterocycles. The number of rotatable bonds is 2. The summed E-state index contributed by atoms with van der Waals surface area (Å²) in [6.07, 6.45) is -1.19. The van der Waals surface area contributed by atoms with E-state index in [0.717, 1.165) is 5.69 Å². The van der Waals surface area contributed by atoms with Gasteiger partial charge in [0.15, 0.2) is 0 Å². The predicted octanol–water partition coefficient (Wildman–Crippen LogP) is 2.38. The molecule has 6 heteroatoms. The molecular weight excluding hydrogens is 204 g/mol. The van der Waals surface area contributed by atoms with Crippen molar-refractivity contribution in [3.8, 4) is 11.5 Å². The summed E-state index contributed by atoms with van der Waals surface area (Å²) in [4.78, 5) is 3.97. The van der Waals surface area contributed by atoms with E-state index in [1.165, 1.54) is 0 Å². The summed E-state index contributed by atoms with van der Waals surface area (Å²) in [5.41, 5.74) is 1.34. The second kappa shape index (κ2) is 3.72. The van der Waals surface area contributed by atoms with Crippen LogP contribution in [0.3, 0.4) is 0 Å². The zero-order valence-corrected chi connectivity index (χ0v) is 7.82. The third-order valence-electron chi connectivity index (χ3n) is 1.77. The molecule has 4 nitrogen and oxygen atoms in total. The molecule has 0 atom stereocenters. The van der Waals surface area contributed by atoms with Gasteiger partial charge < -0.3 is 4.42 Å². The van der Waals surface area contributed by atoms with E-state index in [1.54, 1.807) is 25.3 Å². The Bertz CT molecular complexity index is 470. The molecule has 0 saturated heterocycles. The molecule has 0 aliphatic carbocycles. The molecule has 0 amide bonds. The Hall–Kier alpha value is -1.85. The van der Waals surface area contributed by atoms with Crippen LogP contribution in [0.1, 0.15) is 18.0 Å². The van der Waals surface area contributed by atoms with Crippen molar-refractivity contribution in [3.05, 3.63) is 29.9 Å². The third-order valence-corrected chi connectivity index (χ3v) is 1.77. The zero-order valence-electron chi connectivity index (χ0n) is 7.82. The van der Waals surface area contributed by atoms with Crippen LogP contribution in [0.5, 0.6) is 0 Å². The minimum atomic E-state index is -2.74. The molecule has 0 spiro atoms. The fourth-order valence-electron chi connectivity index (χ4n) is 1.12. The molecule has 0 bridgehead atoms. The molecule has 0 N–H and O–H groups in total. The highest BCUT2D eigenvalue weighted by molar-refractivity contribution is 5.52. The largest absolute Gasteiger partial charge is 0.415 e. The Morgan fingerprint density at radius 3 is 2.73 bits per heavy atom. The van der Waals surface area contributed by atoms with Gasteiger partial charge in [0.25, 0.3) is 5.89 Å². The van der Waals surface area contributed by atoms with Crippen LogP contribution in [0.15, 0.2) is 22.7 Å². The maximum Gasteiger partial charge on any atom is 0.314 e. The van der Waals surface area contributed by atoms with Crippen molar-refractivity contribution < 1.29 is 13.2 Å². The quantitative estimate of drug-likeness (QED) is 0.765. The van der Waals surface area contributed by atoms with Gasteiger partial charge in [0.2, 0.25) is 5.89 Å². The first kappa shape index (κ1) is 9.70. The minimum absolute atomic E-state index is 0.0794. The lowest BCUT2D eigenvalue weighted by molar-refractivity contribution is 0.116. The number of hydrogen-bond donors (Lipinski definition) is 0. The van der Waals surface area contributed by atoms with Gasteiger partial charge in [0.1, 0.15) is 0 Å². The normalized spacial score (nSPS) is 10.9. The second-order valence-electron chi connectivity index (χ2n) is 2.93. The van der Waals surface area contributed by atoms with Crippen molar-refractivity contribution in [2.24, 2.45) is 0 Å². The summed E-state index contributed by atoms with van der Waals surface area (Å²) in [6.45, 7) is 1.79. The van der Waals surface area contributed by atoms with Gasteiger partial charge in [-0.1, -0.05) is 0 Å². The molecule has 0 saturated carbocycles. The van der Waals surface area contributed by atoms with Gasteiger partial charge in [-0.15, -0.1) is 10.2 Å². The van der Waals surface area contributed by atoms with Gasteiger partial charge >= 0.3 is 6.43 Å². The van der Waals surface area contributed by atoms with Gasteiger partial charge in [-0.3, -0.25) is 4.98 Å². The average molecular weight is 211 g/mol. The Morgan fingerprint density at radius 1 is 1.33 bits per heavy atom. The van der Waals surface area contributed by atoms with Gasteiger partial charge in [-0.25, -0.2) is 0 Å².